The van der Waals surface area contributed by atoms with E-state index in [4.69, 9.17) is 10.5 Å². The molecule has 5 atom stereocenters. The van der Waals surface area contributed by atoms with Gasteiger partial charge in [0.05, 0.1) is 6.04 Å². The fourth-order valence-corrected chi connectivity index (χ4v) is 3.66. The van der Waals surface area contributed by atoms with Crippen molar-refractivity contribution >= 4 is 11.9 Å². The molecular formula is C21H32N2O3. The lowest BCUT2D eigenvalue weighted by atomic mass is 9.75. The van der Waals surface area contributed by atoms with Crippen molar-refractivity contribution in [3.05, 3.63) is 35.9 Å². The summed E-state index contributed by atoms with van der Waals surface area (Å²) in [5.41, 5.74) is 6.37. The third-order valence-corrected chi connectivity index (χ3v) is 5.30. The first kappa shape index (κ1) is 20.4. The van der Waals surface area contributed by atoms with Gasteiger partial charge in [0.25, 0.3) is 0 Å². The third kappa shape index (κ3) is 5.31. The number of carbonyl (C=O) groups excluding carboxylic acids is 2. The quantitative estimate of drug-likeness (QED) is 0.763. The lowest BCUT2D eigenvalue weighted by Gasteiger charge is -2.37. The van der Waals surface area contributed by atoms with E-state index in [2.05, 4.69) is 26.1 Å². The van der Waals surface area contributed by atoms with Crippen molar-refractivity contribution in [3.8, 4) is 0 Å². The molecule has 1 aromatic rings. The van der Waals surface area contributed by atoms with Crippen molar-refractivity contribution in [2.75, 3.05) is 0 Å². The molecule has 1 fully saturated rings. The van der Waals surface area contributed by atoms with Crippen LogP contribution in [0.2, 0.25) is 0 Å². The molecule has 2 rings (SSSR count). The van der Waals surface area contributed by atoms with Gasteiger partial charge in [-0.2, -0.15) is 0 Å². The van der Waals surface area contributed by atoms with E-state index in [1.54, 1.807) is 6.92 Å². The maximum absolute atomic E-state index is 13.0. The second kappa shape index (κ2) is 9.17. The molecular weight excluding hydrogens is 328 g/mol. The van der Waals surface area contributed by atoms with Gasteiger partial charge in [-0.15, -0.1) is 0 Å². The van der Waals surface area contributed by atoms with E-state index in [1.165, 1.54) is 6.42 Å². The Hall–Kier alpha value is -1.88. The van der Waals surface area contributed by atoms with E-state index in [0.717, 1.165) is 12.8 Å². The van der Waals surface area contributed by atoms with Gasteiger partial charge in [0.1, 0.15) is 6.10 Å². The van der Waals surface area contributed by atoms with Crippen LogP contribution in [0.5, 0.6) is 0 Å². The highest BCUT2D eigenvalue weighted by Crippen LogP contribution is 2.36. The van der Waals surface area contributed by atoms with Gasteiger partial charge < -0.3 is 15.8 Å². The Morgan fingerprint density at radius 2 is 1.81 bits per heavy atom. The minimum Gasteiger partial charge on any atom is -0.460 e. The number of hydrogen-bond acceptors (Lipinski definition) is 4. The topological polar surface area (TPSA) is 81.4 Å². The monoisotopic (exact) mass is 360 g/mol. The number of nitrogens with two attached hydrogens (primary N) is 1. The summed E-state index contributed by atoms with van der Waals surface area (Å²) in [6.07, 6.45) is 3.00. The molecule has 1 aliphatic carbocycles. The zero-order valence-corrected chi connectivity index (χ0v) is 16.3. The zero-order chi connectivity index (χ0) is 19.3. The van der Waals surface area contributed by atoms with Gasteiger partial charge >= 0.3 is 5.97 Å². The van der Waals surface area contributed by atoms with Crippen LogP contribution in [0, 0.1) is 17.8 Å². The van der Waals surface area contributed by atoms with Crippen LogP contribution >= 0.6 is 0 Å². The number of carbonyl (C=O) groups is 2. The van der Waals surface area contributed by atoms with Crippen LogP contribution in [-0.2, 0) is 14.3 Å². The average Bonchev–Trinajstić information content (AvgIpc) is 2.59. The largest absolute Gasteiger partial charge is 0.460 e. The molecule has 144 valence electrons. The molecule has 0 spiro atoms. The maximum atomic E-state index is 13.0. The Kier molecular flexibility index (Phi) is 7.21. The molecule has 0 aromatic heterocycles. The minimum atomic E-state index is -0.834. The third-order valence-electron chi connectivity index (χ3n) is 5.30. The summed E-state index contributed by atoms with van der Waals surface area (Å²) in [6.45, 7) is 8.15. The Morgan fingerprint density at radius 1 is 1.15 bits per heavy atom. The summed E-state index contributed by atoms with van der Waals surface area (Å²) in [7, 11) is 0. The van der Waals surface area contributed by atoms with E-state index in [-0.39, 0.29) is 12.0 Å². The number of hydrogen-bond donors (Lipinski definition) is 2. The molecule has 26 heavy (non-hydrogen) atoms. The fourth-order valence-electron chi connectivity index (χ4n) is 3.66. The zero-order valence-electron chi connectivity index (χ0n) is 16.3. The molecule has 0 saturated heterocycles. The predicted octanol–water partition coefficient (Wildman–Crippen LogP) is 3.20. The SMILES string of the molecule is CC(C)[C@@H]1CC[C@@H](C)C[C@H]1OC(=O)[C@@H](NC(=O)[C@H](C)N)c1ccccc1. The van der Waals surface area contributed by atoms with E-state index in [9.17, 15) is 9.59 Å². The van der Waals surface area contributed by atoms with E-state index in [1.807, 2.05) is 30.3 Å². The van der Waals surface area contributed by atoms with Crippen LogP contribution in [0.3, 0.4) is 0 Å². The first-order valence-electron chi connectivity index (χ1n) is 9.61. The molecule has 0 unspecified atom stereocenters. The molecule has 5 heteroatoms. The van der Waals surface area contributed by atoms with E-state index >= 15 is 0 Å². The molecule has 5 nitrogen and oxygen atoms in total. The van der Waals surface area contributed by atoms with Gasteiger partial charge in [0.2, 0.25) is 5.91 Å². The number of amides is 1. The Morgan fingerprint density at radius 3 is 2.38 bits per heavy atom. The standard InChI is InChI=1S/C21H32N2O3/c1-13(2)17-11-10-14(3)12-18(17)26-21(25)19(23-20(24)15(4)22)16-8-6-5-7-9-16/h5-9,13-15,17-19H,10-12,22H2,1-4H3,(H,23,24)/t14-,15+,17+,18-,19+/m1/s1. The smallest absolute Gasteiger partial charge is 0.333 e. The average molecular weight is 360 g/mol. The predicted molar refractivity (Wildman–Crippen MR) is 102 cm³/mol. The van der Waals surface area contributed by atoms with Crippen LogP contribution in [-0.4, -0.2) is 24.0 Å². The highest BCUT2D eigenvalue weighted by Gasteiger charge is 2.35. The van der Waals surface area contributed by atoms with Crippen LogP contribution in [0.15, 0.2) is 30.3 Å². The minimum absolute atomic E-state index is 0.107. The highest BCUT2D eigenvalue weighted by atomic mass is 16.5. The molecule has 0 heterocycles. The summed E-state index contributed by atoms with van der Waals surface area (Å²) in [5.74, 6) is 0.574. The first-order valence-corrected chi connectivity index (χ1v) is 9.61. The first-order chi connectivity index (χ1) is 12.3. The molecule has 0 radical (unpaired) electrons. The van der Waals surface area contributed by atoms with Crippen molar-refractivity contribution in [1.82, 2.24) is 5.32 Å². The van der Waals surface area contributed by atoms with Gasteiger partial charge in [0.15, 0.2) is 6.04 Å². The van der Waals surface area contributed by atoms with Gasteiger partial charge in [-0.25, -0.2) is 4.79 Å². The molecule has 0 bridgehead atoms. The molecule has 1 aliphatic rings. The molecule has 1 saturated carbocycles. The van der Waals surface area contributed by atoms with Gasteiger partial charge in [-0.05, 0) is 43.1 Å². The normalized spacial score (nSPS) is 25.4. The van der Waals surface area contributed by atoms with Crippen LogP contribution in [0.25, 0.3) is 0 Å². The number of rotatable bonds is 6. The van der Waals surface area contributed by atoms with Crippen LogP contribution < -0.4 is 11.1 Å². The highest BCUT2D eigenvalue weighted by molar-refractivity contribution is 5.88. The fraction of sp³-hybridized carbons (Fsp3) is 0.619. The summed E-state index contributed by atoms with van der Waals surface area (Å²) in [5, 5.41) is 2.74. The van der Waals surface area contributed by atoms with Crippen molar-refractivity contribution in [2.45, 2.75) is 65.1 Å². The van der Waals surface area contributed by atoms with E-state index in [0.29, 0.717) is 23.3 Å². The van der Waals surface area contributed by atoms with Gasteiger partial charge in [-0.1, -0.05) is 57.5 Å². The summed E-state index contributed by atoms with van der Waals surface area (Å²) >= 11 is 0. The van der Waals surface area contributed by atoms with Crippen molar-refractivity contribution < 1.29 is 14.3 Å². The molecule has 3 N–H and O–H groups in total. The van der Waals surface area contributed by atoms with Crippen molar-refractivity contribution in [3.63, 3.8) is 0 Å². The van der Waals surface area contributed by atoms with Crippen molar-refractivity contribution in [1.29, 1.82) is 0 Å². The lowest BCUT2D eigenvalue weighted by Crippen LogP contribution is -2.45. The molecule has 1 amide bonds. The Bertz CT molecular complexity index is 601. The summed E-state index contributed by atoms with van der Waals surface area (Å²) in [6, 6.07) is 7.66. The van der Waals surface area contributed by atoms with Crippen LogP contribution in [0.4, 0.5) is 0 Å². The Labute approximate surface area is 156 Å². The summed E-state index contributed by atoms with van der Waals surface area (Å²) < 4.78 is 5.94. The number of nitrogens with one attached hydrogen (secondary N) is 1. The summed E-state index contributed by atoms with van der Waals surface area (Å²) in [4.78, 5) is 25.1. The van der Waals surface area contributed by atoms with Gasteiger partial charge in [-0.3, -0.25) is 4.79 Å². The Balaban J connectivity index is 2.18. The molecule has 0 aliphatic heterocycles. The van der Waals surface area contributed by atoms with Gasteiger partial charge in [0, 0.05) is 0 Å². The lowest BCUT2D eigenvalue weighted by molar-refractivity contribution is -0.160. The number of esters is 1. The maximum Gasteiger partial charge on any atom is 0.333 e. The second-order valence-corrected chi connectivity index (χ2v) is 7.94. The van der Waals surface area contributed by atoms with E-state index < -0.39 is 18.1 Å². The number of benzene rings is 1. The molecule has 1 aromatic carbocycles. The van der Waals surface area contributed by atoms with Crippen molar-refractivity contribution in [2.24, 2.45) is 23.5 Å². The second-order valence-electron chi connectivity index (χ2n) is 7.94. The van der Waals surface area contributed by atoms with Crippen LogP contribution in [0.1, 0.15) is 58.6 Å². The number of ether oxygens (including phenoxy) is 1.